The number of ether oxygens (including phenoxy) is 1. The lowest BCUT2D eigenvalue weighted by molar-refractivity contribution is 0.230. The molecule has 0 aliphatic carbocycles. The van der Waals surface area contributed by atoms with Crippen LogP contribution in [0.2, 0.25) is 0 Å². The van der Waals surface area contributed by atoms with Gasteiger partial charge in [0.15, 0.2) is 5.84 Å². The zero-order valence-corrected chi connectivity index (χ0v) is 8.89. The highest BCUT2D eigenvalue weighted by molar-refractivity contribution is 5.81. The van der Waals surface area contributed by atoms with Gasteiger partial charge in [-0.25, -0.2) is 0 Å². The van der Waals surface area contributed by atoms with E-state index in [-0.39, 0.29) is 11.9 Å². The Labute approximate surface area is 93.9 Å². The van der Waals surface area contributed by atoms with Crippen LogP contribution in [0.5, 0.6) is 5.75 Å². The van der Waals surface area contributed by atoms with Crippen molar-refractivity contribution in [3.05, 3.63) is 29.8 Å². The first kappa shape index (κ1) is 10.8. The van der Waals surface area contributed by atoms with Gasteiger partial charge in [0.2, 0.25) is 0 Å². The van der Waals surface area contributed by atoms with Gasteiger partial charge in [0, 0.05) is 13.0 Å². The smallest absolute Gasteiger partial charge is 0.153 e. The van der Waals surface area contributed by atoms with Crippen LogP contribution < -0.4 is 15.8 Å². The van der Waals surface area contributed by atoms with Gasteiger partial charge in [0.05, 0.1) is 6.54 Å². The van der Waals surface area contributed by atoms with Crippen LogP contribution in [0.3, 0.4) is 0 Å². The molecule has 86 valence electrons. The molecule has 1 unspecified atom stereocenters. The van der Waals surface area contributed by atoms with Crippen molar-refractivity contribution in [2.75, 3.05) is 13.1 Å². The van der Waals surface area contributed by atoms with Crippen molar-refractivity contribution in [3.63, 3.8) is 0 Å². The number of amidine groups is 1. The Kier molecular flexibility index (Phi) is 3.26. The average molecular weight is 221 g/mol. The van der Waals surface area contributed by atoms with Crippen molar-refractivity contribution in [3.8, 4) is 5.75 Å². The van der Waals surface area contributed by atoms with E-state index < -0.39 is 0 Å². The van der Waals surface area contributed by atoms with Gasteiger partial charge in [-0.1, -0.05) is 23.4 Å². The molecular formula is C11H15N3O2. The normalized spacial score (nSPS) is 19.2. The summed E-state index contributed by atoms with van der Waals surface area (Å²) in [5, 5.41) is 14.3. The summed E-state index contributed by atoms with van der Waals surface area (Å²) in [5.41, 5.74) is 6.57. The number of para-hydroxylation sites is 1. The number of nitrogens with zero attached hydrogens (tertiary/aromatic N) is 1. The predicted octanol–water partition coefficient (Wildman–Crippen LogP) is 0.326. The minimum absolute atomic E-state index is 0.129. The van der Waals surface area contributed by atoms with E-state index in [2.05, 4.69) is 16.5 Å². The van der Waals surface area contributed by atoms with Gasteiger partial charge in [0.1, 0.15) is 11.9 Å². The van der Waals surface area contributed by atoms with Crippen molar-refractivity contribution in [1.82, 2.24) is 5.32 Å². The zero-order chi connectivity index (χ0) is 11.4. The lowest BCUT2D eigenvalue weighted by atomic mass is 10.1. The Morgan fingerprint density at radius 3 is 3.12 bits per heavy atom. The van der Waals surface area contributed by atoms with E-state index in [0.29, 0.717) is 13.1 Å². The molecule has 0 saturated heterocycles. The van der Waals surface area contributed by atoms with E-state index >= 15 is 0 Å². The fourth-order valence-corrected chi connectivity index (χ4v) is 1.76. The van der Waals surface area contributed by atoms with Crippen LogP contribution in [0, 0.1) is 0 Å². The molecule has 0 radical (unpaired) electrons. The Bertz CT molecular complexity index is 368. The van der Waals surface area contributed by atoms with E-state index in [9.17, 15) is 0 Å². The van der Waals surface area contributed by atoms with Crippen LogP contribution in [-0.4, -0.2) is 30.2 Å². The molecule has 4 N–H and O–H groups in total. The molecule has 1 aliphatic heterocycles. The number of fused-ring (bicyclic) bond motifs is 1. The standard InChI is InChI=1S/C11H15N3O2/c12-11(14-15)7-13-6-9-5-8-3-1-2-4-10(8)16-9/h1-4,9,13,15H,5-7H2,(H2,12,14). The number of hydrogen-bond donors (Lipinski definition) is 3. The number of nitrogens with two attached hydrogens (primary N) is 1. The second kappa shape index (κ2) is 4.85. The Morgan fingerprint density at radius 1 is 1.56 bits per heavy atom. The summed E-state index contributed by atoms with van der Waals surface area (Å²) in [4.78, 5) is 0. The van der Waals surface area contributed by atoms with Crippen molar-refractivity contribution >= 4 is 5.84 Å². The molecule has 5 nitrogen and oxygen atoms in total. The fraction of sp³-hybridized carbons (Fsp3) is 0.364. The lowest BCUT2D eigenvalue weighted by Crippen LogP contribution is -2.36. The molecule has 0 amide bonds. The lowest BCUT2D eigenvalue weighted by Gasteiger charge is -2.11. The third kappa shape index (κ3) is 2.43. The topological polar surface area (TPSA) is 79.9 Å². The Balaban J connectivity index is 1.79. The molecule has 1 heterocycles. The number of nitrogens with one attached hydrogen (secondary N) is 1. The molecule has 0 fully saturated rings. The first-order valence-electron chi connectivity index (χ1n) is 5.21. The van der Waals surface area contributed by atoms with Gasteiger partial charge in [-0.15, -0.1) is 0 Å². The van der Waals surface area contributed by atoms with Crippen LogP contribution in [0.4, 0.5) is 0 Å². The van der Waals surface area contributed by atoms with Crippen molar-refractivity contribution in [2.45, 2.75) is 12.5 Å². The molecule has 1 atom stereocenters. The molecule has 0 spiro atoms. The molecule has 16 heavy (non-hydrogen) atoms. The van der Waals surface area contributed by atoms with Gasteiger partial charge < -0.3 is 21.0 Å². The quantitative estimate of drug-likeness (QED) is 0.296. The molecule has 1 aromatic rings. The molecule has 0 bridgehead atoms. The van der Waals surface area contributed by atoms with Crippen molar-refractivity contribution < 1.29 is 9.94 Å². The average Bonchev–Trinajstić information content (AvgIpc) is 2.71. The Morgan fingerprint density at radius 2 is 2.38 bits per heavy atom. The predicted molar refractivity (Wildman–Crippen MR) is 60.8 cm³/mol. The highest BCUT2D eigenvalue weighted by Gasteiger charge is 2.21. The summed E-state index contributed by atoms with van der Waals surface area (Å²) in [6.45, 7) is 1.05. The summed E-state index contributed by atoms with van der Waals surface area (Å²) in [5.74, 6) is 1.13. The highest BCUT2D eigenvalue weighted by Crippen LogP contribution is 2.27. The molecule has 1 aliphatic rings. The van der Waals surface area contributed by atoms with Crippen LogP contribution in [0.25, 0.3) is 0 Å². The van der Waals surface area contributed by atoms with Crippen LogP contribution in [-0.2, 0) is 6.42 Å². The SMILES string of the molecule is NC(CNCC1Cc2ccccc2O1)=NO. The van der Waals surface area contributed by atoms with E-state index in [0.717, 1.165) is 12.2 Å². The first-order chi connectivity index (χ1) is 7.79. The monoisotopic (exact) mass is 221 g/mol. The minimum atomic E-state index is 0.129. The molecule has 2 rings (SSSR count). The highest BCUT2D eigenvalue weighted by atomic mass is 16.5. The summed E-state index contributed by atoms with van der Waals surface area (Å²) in [7, 11) is 0. The zero-order valence-electron chi connectivity index (χ0n) is 8.89. The number of oxime groups is 1. The molecular weight excluding hydrogens is 206 g/mol. The number of rotatable bonds is 4. The molecule has 0 saturated carbocycles. The van der Waals surface area contributed by atoms with Crippen LogP contribution >= 0.6 is 0 Å². The van der Waals surface area contributed by atoms with E-state index in [1.807, 2.05) is 18.2 Å². The van der Waals surface area contributed by atoms with Crippen molar-refractivity contribution in [2.24, 2.45) is 10.9 Å². The van der Waals surface area contributed by atoms with Gasteiger partial charge in [-0.2, -0.15) is 0 Å². The van der Waals surface area contributed by atoms with E-state index in [4.69, 9.17) is 15.7 Å². The van der Waals surface area contributed by atoms with E-state index in [1.165, 1.54) is 5.56 Å². The maximum absolute atomic E-state index is 8.36. The first-order valence-corrected chi connectivity index (χ1v) is 5.21. The molecule has 5 heteroatoms. The number of benzene rings is 1. The van der Waals surface area contributed by atoms with Gasteiger partial charge in [-0.3, -0.25) is 0 Å². The van der Waals surface area contributed by atoms with Gasteiger partial charge in [0.25, 0.3) is 0 Å². The summed E-state index contributed by atoms with van der Waals surface area (Å²) in [6.07, 6.45) is 1.03. The second-order valence-electron chi connectivity index (χ2n) is 3.77. The number of hydrogen-bond acceptors (Lipinski definition) is 4. The van der Waals surface area contributed by atoms with E-state index in [1.54, 1.807) is 0 Å². The summed E-state index contributed by atoms with van der Waals surface area (Å²) >= 11 is 0. The maximum Gasteiger partial charge on any atom is 0.153 e. The summed E-state index contributed by atoms with van der Waals surface area (Å²) in [6, 6.07) is 8.01. The van der Waals surface area contributed by atoms with Gasteiger partial charge in [-0.05, 0) is 11.6 Å². The largest absolute Gasteiger partial charge is 0.488 e. The minimum Gasteiger partial charge on any atom is -0.488 e. The third-order valence-corrected chi connectivity index (χ3v) is 2.52. The molecule has 0 aromatic heterocycles. The third-order valence-electron chi connectivity index (χ3n) is 2.52. The maximum atomic E-state index is 8.36. The van der Waals surface area contributed by atoms with Gasteiger partial charge >= 0.3 is 0 Å². The van der Waals surface area contributed by atoms with Crippen LogP contribution in [0.15, 0.2) is 29.4 Å². The Hall–Kier alpha value is -1.75. The van der Waals surface area contributed by atoms with Crippen LogP contribution in [0.1, 0.15) is 5.56 Å². The fourth-order valence-electron chi connectivity index (χ4n) is 1.76. The second-order valence-corrected chi connectivity index (χ2v) is 3.77. The summed E-state index contributed by atoms with van der Waals surface area (Å²) < 4.78 is 5.72. The molecule has 1 aromatic carbocycles. The van der Waals surface area contributed by atoms with Crippen molar-refractivity contribution in [1.29, 1.82) is 0 Å².